The molecule has 1 saturated heterocycles. The van der Waals surface area contributed by atoms with E-state index in [-0.39, 0.29) is 0 Å². The lowest BCUT2D eigenvalue weighted by Crippen LogP contribution is -2.40. The highest BCUT2D eigenvalue weighted by Gasteiger charge is 2.17. The Kier molecular flexibility index (Phi) is 2.34. The monoisotopic (exact) mass is 216 g/mol. The molecule has 0 atom stereocenters. The first-order valence-electron chi connectivity index (χ1n) is 5.25. The molecule has 82 valence electrons. The highest BCUT2D eigenvalue weighted by atomic mass is 16.5. The van der Waals surface area contributed by atoms with E-state index in [0.29, 0.717) is 6.04 Å². The maximum atomic E-state index is 5.22. The predicted octanol–water partition coefficient (Wildman–Crippen LogP) is 2.15. The topological polar surface area (TPSA) is 47.3 Å². The molecule has 16 heavy (non-hydrogen) atoms. The fraction of sp³-hybridized carbons (Fsp3) is 0.250. The molecule has 0 radical (unpaired) electrons. The zero-order chi connectivity index (χ0) is 10.8. The molecule has 4 nitrogen and oxygen atoms in total. The van der Waals surface area contributed by atoms with Gasteiger partial charge in [0.25, 0.3) is 0 Å². The lowest BCUT2D eigenvalue weighted by atomic mass is 10.1. The molecule has 0 unspecified atom stereocenters. The van der Waals surface area contributed by atoms with Crippen molar-refractivity contribution in [2.75, 3.05) is 18.5 Å². The summed E-state index contributed by atoms with van der Waals surface area (Å²) in [5.74, 6) is 0.790. The van der Waals surface area contributed by atoms with Gasteiger partial charge in [-0.1, -0.05) is 0 Å². The Balaban J connectivity index is 1.74. The second-order valence-corrected chi connectivity index (χ2v) is 3.82. The molecule has 1 aromatic heterocycles. The number of nitrogens with zero attached hydrogens (tertiary/aromatic N) is 1. The molecule has 3 rings (SSSR count). The predicted molar refractivity (Wildman–Crippen MR) is 60.2 cm³/mol. The number of oxazole rings is 1. The van der Waals surface area contributed by atoms with Crippen LogP contribution < -0.4 is 5.32 Å². The minimum absolute atomic E-state index is 0.455. The highest BCUT2D eigenvalue weighted by molar-refractivity contribution is 5.60. The summed E-state index contributed by atoms with van der Waals surface area (Å²) in [4.78, 5) is 3.89. The van der Waals surface area contributed by atoms with Crippen LogP contribution in [0.25, 0.3) is 11.3 Å². The fourth-order valence-corrected chi connectivity index (χ4v) is 1.64. The maximum Gasteiger partial charge on any atom is 0.181 e. The van der Waals surface area contributed by atoms with Gasteiger partial charge in [-0.2, -0.15) is 0 Å². The molecule has 1 aromatic carbocycles. The smallest absolute Gasteiger partial charge is 0.181 e. The first kappa shape index (κ1) is 9.42. The van der Waals surface area contributed by atoms with Gasteiger partial charge < -0.3 is 14.5 Å². The average molecular weight is 216 g/mol. The summed E-state index contributed by atoms with van der Waals surface area (Å²) in [5.41, 5.74) is 2.14. The van der Waals surface area contributed by atoms with E-state index in [1.807, 2.05) is 24.3 Å². The van der Waals surface area contributed by atoms with Crippen molar-refractivity contribution in [2.45, 2.75) is 6.04 Å². The molecule has 1 N–H and O–H groups in total. The fourth-order valence-electron chi connectivity index (χ4n) is 1.64. The lowest BCUT2D eigenvalue weighted by molar-refractivity contribution is 0.0211. The van der Waals surface area contributed by atoms with E-state index in [4.69, 9.17) is 9.15 Å². The molecule has 1 fully saturated rings. The van der Waals surface area contributed by atoms with Gasteiger partial charge >= 0.3 is 0 Å². The number of hydrogen-bond donors (Lipinski definition) is 1. The summed E-state index contributed by atoms with van der Waals surface area (Å²) >= 11 is 0. The van der Waals surface area contributed by atoms with Crippen LogP contribution in [0.15, 0.2) is 41.3 Å². The van der Waals surface area contributed by atoms with Gasteiger partial charge in [0.2, 0.25) is 0 Å². The van der Waals surface area contributed by atoms with Gasteiger partial charge in [0.1, 0.15) is 0 Å². The SMILES string of the molecule is c1ncc(-c2ccc(NC3COC3)cc2)o1. The summed E-state index contributed by atoms with van der Waals surface area (Å²) in [7, 11) is 0. The van der Waals surface area contributed by atoms with Crippen molar-refractivity contribution < 1.29 is 9.15 Å². The molecular formula is C12H12N2O2. The van der Waals surface area contributed by atoms with Gasteiger partial charge in [0, 0.05) is 11.3 Å². The van der Waals surface area contributed by atoms with Crippen molar-refractivity contribution in [3.05, 3.63) is 36.9 Å². The minimum Gasteiger partial charge on any atom is -0.444 e. The lowest BCUT2D eigenvalue weighted by Gasteiger charge is -2.27. The van der Waals surface area contributed by atoms with Crippen molar-refractivity contribution in [1.82, 2.24) is 4.98 Å². The Morgan fingerprint density at radius 2 is 2.00 bits per heavy atom. The number of anilines is 1. The van der Waals surface area contributed by atoms with E-state index < -0.39 is 0 Å². The van der Waals surface area contributed by atoms with Crippen LogP contribution in [0.4, 0.5) is 5.69 Å². The molecule has 2 aromatic rings. The van der Waals surface area contributed by atoms with Crippen LogP contribution in [0, 0.1) is 0 Å². The van der Waals surface area contributed by atoms with E-state index in [1.54, 1.807) is 6.20 Å². The van der Waals surface area contributed by atoms with E-state index in [9.17, 15) is 0 Å². The standard InChI is InChI=1S/C12H12N2O2/c1-3-10(14-11-6-15-7-11)4-2-9(1)12-5-13-8-16-12/h1-5,8,11,14H,6-7H2. The molecule has 2 heterocycles. The van der Waals surface area contributed by atoms with Crippen LogP contribution in [-0.2, 0) is 4.74 Å². The molecule has 1 aliphatic heterocycles. The summed E-state index contributed by atoms with van der Waals surface area (Å²) in [6.45, 7) is 1.59. The van der Waals surface area contributed by atoms with Crippen LogP contribution >= 0.6 is 0 Å². The Morgan fingerprint density at radius 1 is 1.19 bits per heavy atom. The quantitative estimate of drug-likeness (QED) is 0.854. The van der Waals surface area contributed by atoms with Gasteiger partial charge in [-0.15, -0.1) is 0 Å². The molecule has 4 heteroatoms. The number of nitrogens with one attached hydrogen (secondary N) is 1. The third kappa shape index (κ3) is 1.79. The van der Waals surface area contributed by atoms with E-state index in [2.05, 4.69) is 10.3 Å². The van der Waals surface area contributed by atoms with Crippen molar-refractivity contribution in [3.63, 3.8) is 0 Å². The van der Waals surface area contributed by atoms with Crippen LogP contribution in [-0.4, -0.2) is 24.2 Å². The van der Waals surface area contributed by atoms with Crippen LogP contribution in [0.1, 0.15) is 0 Å². The largest absolute Gasteiger partial charge is 0.444 e. The van der Waals surface area contributed by atoms with Crippen LogP contribution in [0.5, 0.6) is 0 Å². The summed E-state index contributed by atoms with van der Waals surface area (Å²) < 4.78 is 10.3. The summed E-state index contributed by atoms with van der Waals surface area (Å²) in [6.07, 6.45) is 3.15. The zero-order valence-electron chi connectivity index (χ0n) is 8.72. The van der Waals surface area contributed by atoms with E-state index in [0.717, 1.165) is 30.2 Å². The number of hydrogen-bond acceptors (Lipinski definition) is 4. The first-order chi connectivity index (χ1) is 7.92. The van der Waals surface area contributed by atoms with Crippen molar-refractivity contribution >= 4 is 5.69 Å². The molecule has 0 aliphatic carbocycles. The zero-order valence-corrected chi connectivity index (χ0v) is 8.72. The summed E-state index contributed by atoms with van der Waals surface area (Å²) in [6, 6.07) is 8.56. The van der Waals surface area contributed by atoms with Crippen molar-refractivity contribution in [3.8, 4) is 11.3 Å². The molecule has 0 saturated carbocycles. The second-order valence-electron chi connectivity index (χ2n) is 3.82. The van der Waals surface area contributed by atoms with Gasteiger partial charge in [0.15, 0.2) is 12.2 Å². The third-order valence-corrected chi connectivity index (χ3v) is 2.61. The van der Waals surface area contributed by atoms with E-state index >= 15 is 0 Å². The Hall–Kier alpha value is -1.81. The Morgan fingerprint density at radius 3 is 2.56 bits per heavy atom. The van der Waals surface area contributed by atoms with Crippen LogP contribution in [0.3, 0.4) is 0 Å². The third-order valence-electron chi connectivity index (χ3n) is 2.61. The van der Waals surface area contributed by atoms with E-state index in [1.165, 1.54) is 6.39 Å². The van der Waals surface area contributed by atoms with Crippen molar-refractivity contribution in [2.24, 2.45) is 0 Å². The van der Waals surface area contributed by atoms with Gasteiger partial charge in [-0.05, 0) is 24.3 Å². The molecule has 0 amide bonds. The normalized spacial score (nSPS) is 15.8. The van der Waals surface area contributed by atoms with Gasteiger partial charge in [-0.3, -0.25) is 0 Å². The van der Waals surface area contributed by atoms with Gasteiger partial charge in [0.05, 0.1) is 25.5 Å². The second kappa shape index (κ2) is 3.98. The number of benzene rings is 1. The van der Waals surface area contributed by atoms with Crippen LogP contribution in [0.2, 0.25) is 0 Å². The Labute approximate surface area is 93.3 Å². The van der Waals surface area contributed by atoms with Gasteiger partial charge in [-0.25, -0.2) is 4.98 Å². The molecule has 1 aliphatic rings. The summed E-state index contributed by atoms with van der Waals surface area (Å²) in [5, 5.41) is 3.38. The molecule has 0 spiro atoms. The molecule has 0 bridgehead atoms. The minimum atomic E-state index is 0.455. The number of aromatic nitrogens is 1. The number of rotatable bonds is 3. The van der Waals surface area contributed by atoms with Crippen molar-refractivity contribution in [1.29, 1.82) is 0 Å². The Bertz CT molecular complexity index is 446. The molecular weight excluding hydrogens is 204 g/mol. The highest BCUT2D eigenvalue weighted by Crippen LogP contribution is 2.21. The maximum absolute atomic E-state index is 5.22. The first-order valence-corrected chi connectivity index (χ1v) is 5.25. The number of ether oxygens (including phenoxy) is 1. The average Bonchev–Trinajstić information content (AvgIpc) is 2.78.